The lowest BCUT2D eigenvalue weighted by Crippen LogP contribution is -2.31. The SMILES string of the molecule is COCc1nc(NCC(N)Cc2ccc(C(F)(F)F)nc2)sc1-c1ccc2cnccc2c1. The van der Waals surface area contributed by atoms with Crippen LogP contribution in [-0.4, -0.2) is 34.6 Å². The highest BCUT2D eigenvalue weighted by atomic mass is 32.1. The molecule has 10 heteroatoms. The zero-order valence-electron chi connectivity index (χ0n) is 17.8. The number of benzene rings is 1. The van der Waals surface area contributed by atoms with Crippen molar-refractivity contribution in [3.8, 4) is 10.4 Å². The maximum atomic E-state index is 12.7. The van der Waals surface area contributed by atoms with Gasteiger partial charge in [-0.25, -0.2) is 4.98 Å². The number of nitrogens with one attached hydrogen (secondary N) is 1. The molecule has 1 aromatic carbocycles. The number of thiazole rings is 1. The highest BCUT2D eigenvalue weighted by Gasteiger charge is 2.32. The number of halogens is 3. The van der Waals surface area contributed by atoms with Crippen molar-refractivity contribution in [1.29, 1.82) is 0 Å². The van der Waals surface area contributed by atoms with Gasteiger partial charge < -0.3 is 15.8 Å². The van der Waals surface area contributed by atoms with Crippen LogP contribution in [0.4, 0.5) is 18.3 Å². The van der Waals surface area contributed by atoms with Crippen LogP contribution in [-0.2, 0) is 23.9 Å². The molecule has 0 radical (unpaired) electrons. The van der Waals surface area contributed by atoms with E-state index < -0.39 is 11.9 Å². The largest absolute Gasteiger partial charge is 0.433 e. The zero-order chi connectivity index (χ0) is 23.4. The quantitative estimate of drug-likeness (QED) is 0.379. The predicted octanol–water partition coefficient (Wildman–Crippen LogP) is 4.90. The molecule has 6 nitrogen and oxygen atoms in total. The Labute approximate surface area is 192 Å². The van der Waals surface area contributed by atoms with E-state index in [0.29, 0.717) is 30.3 Å². The Bertz CT molecular complexity index is 1230. The van der Waals surface area contributed by atoms with E-state index in [1.165, 1.54) is 23.6 Å². The van der Waals surface area contributed by atoms with Gasteiger partial charge in [-0.3, -0.25) is 9.97 Å². The number of hydrogen-bond acceptors (Lipinski definition) is 7. The minimum atomic E-state index is -4.45. The van der Waals surface area contributed by atoms with E-state index >= 15 is 0 Å². The highest BCUT2D eigenvalue weighted by Crippen LogP contribution is 2.35. The van der Waals surface area contributed by atoms with E-state index in [2.05, 4.69) is 26.3 Å². The summed E-state index contributed by atoms with van der Waals surface area (Å²) in [5.41, 5.74) is 7.77. The Morgan fingerprint density at radius 1 is 1.12 bits per heavy atom. The molecule has 0 fully saturated rings. The van der Waals surface area contributed by atoms with Gasteiger partial charge in [0.15, 0.2) is 5.13 Å². The van der Waals surface area contributed by atoms with Crippen LogP contribution in [0.1, 0.15) is 17.0 Å². The third-order valence-electron chi connectivity index (χ3n) is 5.01. The molecule has 0 bridgehead atoms. The number of aromatic nitrogens is 3. The van der Waals surface area contributed by atoms with Crippen LogP contribution in [0, 0.1) is 0 Å². The van der Waals surface area contributed by atoms with Gasteiger partial charge in [-0.05, 0) is 41.1 Å². The molecule has 0 aliphatic heterocycles. The fourth-order valence-electron chi connectivity index (χ4n) is 3.42. The minimum absolute atomic E-state index is 0.324. The van der Waals surface area contributed by atoms with Gasteiger partial charge in [0.25, 0.3) is 0 Å². The molecule has 0 aliphatic carbocycles. The number of hydrogen-bond donors (Lipinski definition) is 2. The number of nitrogens with zero attached hydrogens (tertiary/aromatic N) is 3. The van der Waals surface area contributed by atoms with E-state index in [-0.39, 0.29) is 6.04 Å². The first-order chi connectivity index (χ1) is 15.8. The van der Waals surface area contributed by atoms with Crippen LogP contribution in [0.2, 0.25) is 0 Å². The second-order valence-electron chi connectivity index (χ2n) is 7.56. The first-order valence-corrected chi connectivity index (χ1v) is 11.0. The van der Waals surface area contributed by atoms with E-state index in [1.807, 2.05) is 24.4 Å². The average molecular weight is 474 g/mol. The van der Waals surface area contributed by atoms with E-state index in [0.717, 1.165) is 33.0 Å². The molecular weight excluding hydrogens is 451 g/mol. The van der Waals surface area contributed by atoms with Crippen molar-refractivity contribution in [2.24, 2.45) is 5.73 Å². The lowest BCUT2D eigenvalue weighted by molar-refractivity contribution is -0.141. The third-order valence-corrected chi connectivity index (χ3v) is 6.11. The monoisotopic (exact) mass is 473 g/mol. The van der Waals surface area contributed by atoms with Crippen LogP contribution in [0.5, 0.6) is 0 Å². The summed E-state index contributed by atoms with van der Waals surface area (Å²) in [5, 5.41) is 6.09. The Morgan fingerprint density at radius 2 is 1.97 bits per heavy atom. The molecule has 3 aromatic heterocycles. The van der Waals surface area contributed by atoms with Crippen LogP contribution < -0.4 is 11.1 Å². The van der Waals surface area contributed by atoms with Gasteiger partial charge in [0.2, 0.25) is 0 Å². The van der Waals surface area contributed by atoms with E-state index in [4.69, 9.17) is 10.5 Å². The summed E-state index contributed by atoms with van der Waals surface area (Å²) in [6.45, 7) is 0.773. The minimum Gasteiger partial charge on any atom is -0.378 e. The number of fused-ring (bicyclic) bond motifs is 1. The highest BCUT2D eigenvalue weighted by molar-refractivity contribution is 7.19. The van der Waals surface area contributed by atoms with Gasteiger partial charge >= 0.3 is 6.18 Å². The second kappa shape index (κ2) is 9.82. The Morgan fingerprint density at radius 3 is 2.70 bits per heavy atom. The maximum absolute atomic E-state index is 12.7. The van der Waals surface area contributed by atoms with Crippen LogP contribution in [0.3, 0.4) is 0 Å². The summed E-state index contributed by atoms with van der Waals surface area (Å²) >= 11 is 1.50. The van der Waals surface area contributed by atoms with Crippen molar-refractivity contribution in [3.05, 3.63) is 71.9 Å². The molecular formula is C23H22F3N5OS. The van der Waals surface area contributed by atoms with Gasteiger partial charge in [0.05, 0.1) is 17.2 Å². The van der Waals surface area contributed by atoms with Gasteiger partial charge in [-0.15, -0.1) is 0 Å². The Balaban J connectivity index is 1.44. The number of rotatable bonds is 8. The number of nitrogens with two attached hydrogens (primary N) is 1. The first kappa shape index (κ1) is 23.1. The van der Waals surface area contributed by atoms with Gasteiger partial charge in [0.1, 0.15) is 5.69 Å². The fourth-order valence-corrected chi connectivity index (χ4v) is 4.39. The van der Waals surface area contributed by atoms with Gasteiger partial charge in [-0.2, -0.15) is 13.2 Å². The molecule has 3 heterocycles. The van der Waals surface area contributed by atoms with E-state index in [9.17, 15) is 13.2 Å². The van der Waals surface area contributed by atoms with Crippen molar-refractivity contribution in [2.75, 3.05) is 19.0 Å². The summed E-state index contributed by atoms with van der Waals surface area (Å²) in [5.74, 6) is 0. The summed E-state index contributed by atoms with van der Waals surface area (Å²) in [6.07, 6.45) is 0.737. The molecule has 4 aromatic rings. The zero-order valence-corrected chi connectivity index (χ0v) is 18.6. The van der Waals surface area contributed by atoms with Crippen molar-refractivity contribution >= 4 is 27.2 Å². The van der Waals surface area contributed by atoms with Crippen molar-refractivity contribution in [1.82, 2.24) is 15.0 Å². The Hall–Kier alpha value is -3.08. The summed E-state index contributed by atoms with van der Waals surface area (Å²) < 4.78 is 43.3. The topological polar surface area (TPSA) is 86.0 Å². The molecule has 1 atom stereocenters. The van der Waals surface area contributed by atoms with Gasteiger partial charge in [0, 0.05) is 43.7 Å². The number of methoxy groups -OCH3 is 1. The maximum Gasteiger partial charge on any atom is 0.433 e. The molecule has 0 spiro atoms. The summed E-state index contributed by atoms with van der Waals surface area (Å²) in [7, 11) is 1.62. The molecule has 4 rings (SSSR count). The fraction of sp³-hybridized carbons (Fsp3) is 0.261. The molecule has 33 heavy (non-hydrogen) atoms. The molecule has 1 unspecified atom stereocenters. The van der Waals surface area contributed by atoms with Crippen LogP contribution in [0.25, 0.3) is 21.2 Å². The molecule has 0 aliphatic rings. The molecule has 172 valence electrons. The predicted molar refractivity (Wildman–Crippen MR) is 123 cm³/mol. The summed E-state index contributed by atoms with van der Waals surface area (Å²) in [6, 6.07) is 10.2. The van der Waals surface area contributed by atoms with E-state index in [1.54, 1.807) is 13.3 Å². The summed E-state index contributed by atoms with van der Waals surface area (Å²) in [4.78, 5) is 13.3. The molecule has 3 N–H and O–H groups in total. The standard InChI is InChI=1S/C23H22F3N5OS/c1-32-13-19-21(16-3-4-17-11-28-7-6-15(17)9-16)33-22(31-19)30-12-18(27)8-14-2-5-20(29-10-14)23(24,25)26/h2-7,9-11,18H,8,12-13,27H2,1H3,(H,30,31). The second-order valence-corrected chi connectivity index (χ2v) is 8.56. The number of ether oxygens (including phenoxy) is 1. The lowest BCUT2D eigenvalue weighted by Gasteiger charge is -2.13. The Kier molecular flexibility index (Phi) is 6.87. The van der Waals surface area contributed by atoms with Crippen molar-refractivity contribution < 1.29 is 17.9 Å². The smallest absolute Gasteiger partial charge is 0.378 e. The number of pyridine rings is 2. The molecule has 0 saturated carbocycles. The molecule has 0 saturated heterocycles. The average Bonchev–Trinajstić information content (AvgIpc) is 3.20. The van der Waals surface area contributed by atoms with Crippen LogP contribution in [0.15, 0.2) is 55.0 Å². The van der Waals surface area contributed by atoms with Gasteiger partial charge in [-0.1, -0.05) is 29.5 Å². The number of anilines is 1. The normalized spacial score (nSPS) is 12.8. The van der Waals surface area contributed by atoms with Crippen LogP contribution >= 0.6 is 11.3 Å². The third kappa shape index (κ3) is 5.65. The van der Waals surface area contributed by atoms with Crippen molar-refractivity contribution in [3.63, 3.8) is 0 Å². The molecule has 0 amide bonds. The first-order valence-electron chi connectivity index (χ1n) is 10.2. The lowest BCUT2D eigenvalue weighted by atomic mass is 10.1. The number of alkyl halides is 3. The van der Waals surface area contributed by atoms with Crippen molar-refractivity contribution in [2.45, 2.75) is 25.2 Å².